The first-order valence-electron chi connectivity index (χ1n) is 10.1. The maximum atomic E-state index is 12.3. The Morgan fingerprint density at radius 3 is 2.58 bits per heavy atom. The van der Waals surface area contributed by atoms with Crippen LogP contribution in [0.2, 0.25) is 0 Å². The molecule has 8 heteroatoms. The molecule has 0 radical (unpaired) electrons. The number of anilines is 1. The Morgan fingerprint density at radius 1 is 1.16 bits per heavy atom. The fourth-order valence-electron chi connectivity index (χ4n) is 2.98. The van der Waals surface area contributed by atoms with Gasteiger partial charge in [0.05, 0.1) is 12.9 Å². The molecule has 0 aliphatic carbocycles. The molecule has 0 fully saturated rings. The Bertz CT molecular complexity index is 1030. The number of rotatable bonds is 9. The van der Waals surface area contributed by atoms with E-state index < -0.39 is 0 Å². The molecule has 0 aliphatic rings. The highest BCUT2D eigenvalue weighted by Crippen LogP contribution is 2.28. The summed E-state index contributed by atoms with van der Waals surface area (Å²) in [4.78, 5) is 12.3. The van der Waals surface area contributed by atoms with Crippen molar-refractivity contribution in [2.24, 2.45) is 7.05 Å². The average Bonchev–Trinajstić information content (AvgIpc) is 3.10. The molecule has 3 aromatic rings. The zero-order chi connectivity index (χ0) is 22.4. The summed E-state index contributed by atoms with van der Waals surface area (Å²) in [5, 5.41) is 12.0. The van der Waals surface area contributed by atoms with Gasteiger partial charge in [-0.2, -0.15) is 0 Å². The number of ether oxygens (including phenoxy) is 2. The molecule has 3 rings (SSSR count). The molecule has 164 valence electrons. The summed E-state index contributed by atoms with van der Waals surface area (Å²) in [5.41, 5.74) is 3.03. The number of nitrogens with one attached hydrogen (secondary N) is 1. The van der Waals surface area contributed by atoms with Crippen LogP contribution < -0.4 is 14.8 Å². The van der Waals surface area contributed by atoms with Crippen LogP contribution in [0.4, 0.5) is 5.69 Å². The lowest BCUT2D eigenvalue weighted by atomic mass is 10.0. The van der Waals surface area contributed by atoms with Crippen LogP contribution in [-0.2, 0) is 18.4 Å². The molecule has 2 aromatic carbocycles. The summed E-state index contributed by atoms with van der Waals surface area (Å²) in [7, 11) is 3.48. The van der Waals surface area contributed by atoms with Crippen molar-refractivity contribution in [1.29, 1.82) is 0 Å². The first-order chi connectivity index (χ1) is 14.9. The summed E-state index contributed by atoms with van der Waals surface area (Å²) in [6.45, 7) is 6.65. The second-order valence-electron chi connectivity index (χ2n) is 7.51. The minimum absolute atomic E-state index is 0.114. The van der Waals surface area contributed by atoms with Gasteiger partial charge in [0, 0.05) is 12.7 Å². The molecule has 0 saturated carbocycles. The van der Waals surface area contributed by atoms with Crippen LogP contribution in [0.15, 0.2) is 47.6 Å². The zero-order valence-corrected chi connectivity index (χ0v) is 19.3. The minimum atomic E-state index is -0.114. The van der Waals surface area contributed by atoms with E-state index in [1.807, 2.05) is 24.6 Å². The summed E-state index contributed by atoms with van der Waals surface area (Å²) in [6, 6.07) is 13.5. The van der Waals surface area contributed by atoms with Crippen LogP contribution in [0, 0.1) is 6.92 Å². The molecular weight excluding hydrogens is 412 g/mol. The van der Waals surface area contributed by atoms with E-state index in [1.165, 1.54) is 11.8 Å². The highest BCUT2D eigenvalue weighted by atomic mass is 32.2. The number of aromatic nitrogens is 3. The second kappa shape index (κ2) is 10.3. The third-order valence-corrected chi connectivity index (χ3v) is 5.80. The fraction of sp³-hybridized carbons (Fsp3) is 0.348. The van der Waals surface area contributed by atoms with Crippen molar-refractivity contribution in [2.75, 3.05) is 18.2 Å². The van der Waals surface area contributed by atoms with Gasteiger partial charge in [-0.15, -0.1) is 10.2 Å². The Kier molecular flexibility index (Phi) is 7.57. The number of carbonyl (C=O) groups is 1. The Morgan fingerprint density at radius 2 is 1.90 bits per heavy atom. The molecule has 1 aromatic heterocycles. The van der Waals surface area contributed by atoms with Gasteiger partial charge in [0.1, 0.15) is 18.1 Å². The van der Waals surface area contributed by atoms with E-state index in [4.69, 9.17) is 9.47 Å². The number of thioether (sulfide) groups is 1. The van der Waals surface area contributed by atoms with Crippen LogP contribution >= 0.6 is 11.8 Å². The van der Waals surface area contributed by atoms with Gasteiger partial charge in [0.2, 0.25) is 5.91 Å². The normalized spacial score (nSPS) is 10.9. The molecule has 7 nitrogen and oxygen atoms in total. The highest BCUT2D eigenvalue weighted by Gasteiger charge is 2.14. The molecule has 0 atom stereocenters. The Balaban J connectivity index is 1.56. The van der Waals surface area contributed by atoms with Crippen LogP contribution in [0.25, 0.3) is 0 Å². The average molecular weight is 441 g/mol. The predicted octanol–water partition coefficient (Wildman–Crippen LogP) is 4.57. The van der Waals surface area contributed by atoms with Crippen LogP contribution in [0.3, 0.4) is 0 Å². The smallest absolute Gasteiger partial charge is 0.234 e. The van der Waals surface area contributed by atoms with E-state index in [0.29, 0.717) is 23.5 Å². The van der Waals surface area contributed by atoms with Crippen LogP contribution in [0.1, 0.15) is 36.7 Å². The molecule has 1 amide bonds. The summed E-state index contributed by atoms with van der Waals surface area (Å²) >= 11 is 1.33. The lowest BCUT2D eigenvalue weighted by molar-refractivity contribution is -0.113. The number of hydrogen-bond acceptors (Lipinski definition) is 6. The van der Waals surface area contributed by atoms with E-state index in [-0.39, 0.29) is 11.7 Å². The van der Waals surface area contributed by atoms with E-state index in [9.17, 15) is 4.79 Å². The number of methoxy groups -OCH3 is 1. The van der Waals surface area contributed by atoms with E-state index in [2.05, 4.69) is 41.5 Å². The van der Waals surface area contributed by atoms with Gasteiger partial charge in [0.15, 0.2) is 11.0 Å². The number of hydrogen-bond donors (Lipinski definition) is 1. The molecule has 0 unspecified atom stereocenters. The number of benzene rings is 2. The van der Waals surface area contributed by atoms with Gasteiger partial charge in [0.25, 0.3) is 0 Å². The number of aryl methyl sites for hydroxylation is 1. The number of amides is 1. The zero-order valence-electron chi connectivity index (χ0n) is 18.5. The maximum Gasteiger partial charge on any atom is 0.234 e. The van der Waals surface area contributed by atoms with Crippen molar-refractivity contribution in [2.45, 2.75) is 38.5 Å². The molecular formula is C23H28N4O3S. The van der Waals surface area contributed by atoms with E-state index in [0.717, 1.165) is 28.3 Å². The number of nitrogens with zero attached hydrogens (tertiary/aromatic N) is 3. The van der Waals surface area contributed by atoms with Crippen LogP contribution in [0.5, 0.6) is 11.5 Å². The molecule has 31 heavy (non-hydrogen) atoms. The summed E-state index contributed by atoms with van der Waals surface area (Å²) < 4.78 is 13.0. The monoisotopic (exact) mass is 440 g/mol. The second-order valence-corrected chi connectivity index (χ2v) is 8.45. The molecule has 0 spiro atoms. The topological polar surface area (TPSA) is 78.3 Å². The molecule has 0 saturated heterocycles. The highest BCUT2D eigenvalue weighted by molar-refractivity contribution is 7.99. The number of carbonyl (C=O) groups excluding carboxylic acids is 1. The summed E-state index contributed by atoms with van der Waals surface area (Å²) in [6.07, 6.45) is 0. The van der Waals surface area contributed by atoms with E-state index >= 15 is 0 Å². The van der Waals surface area contributed by atoms with Gasteiger partial charge in [-0.05, 0) is 54.3 Å². The van der Waals surface area contributed by atoms with Crippen molar-refractivity contribution >= 4 is 23.4 Å². The van der Waals surface area contributed by atoms with Crippen LogP contribution in [-0.4, -0.2) is 33.5 Å². The lowest BCUT2D eigenvalue weighted by Gasteiger charge is -2.14. The Labute approximate surface area is 187 Å². The standard InChI is InChI=1S/C23H28N4O3S/c1-15(2)19-11-6-16(3)12-20(19)30-13-21-25-26-23(27(21)4)31-14-22(28)24-17-7-9-18(29-5)10-8-17/h6-12,15H,13-14H2,1-5H3,(H,24,28). The van der Waals surface area contributed by atoms with Gasteiger partial charge in [-0.25, -0.2) is 0 Å². The maximum absolute atomic E-state index is 12.3. The first kappa shape index (κ1) is 22.7. The minimum Gasteiger partial charge on any atom is -0.497 e. The van der Waals surface area contributed by atoms with Gasteiger partial charge >= 0.3 is 0 Å². The SMILES string of the molecule is COc1ccc(NC(=O)CSc2nnc(COc3cc(C)ccc3C(C)C)n2C)cc1. The Hall–Kier alpha value is -3.00. The molecule has 0 bridgehead atoms. The van der Waals surface area contributed by atoms with E-state index in [1.54, 1.807) is 31.4 Å². The first-order valence-corrected chi connectivity index (χ1v) is 11.0. The fourth-order valence-corrected chi connectivity index (χ4v) is 3.71. The summed E-state index contributed by atoms with van der Waals surface area (Å²) in [5.74, 6) is 2.80. The van der Waals surface area contributed by atoms with Gasteiger partial charge in [-0.1, -0.05) is 37.7 Å². The van der Waals surface area contributed by atoms with Crippen molar-refractivity contribution in [3.05, 3.63) is 59.4 Å². The van der Waals surface area contributed by atoms with Gasteiger partial charge in [-0.3, -0.25) is 4.79 Å². The largest absolute Gasteiger partial charge is 0.497 e. The third-order valence-electron chi connectivity index (χ3n) is 4.78. The lowest BCUT2D eigenvalue weighted by Crippen LogP contribution is -2.14. The van der Waals surface area contributed by atoms with Crippen molar-refractivity contribution in [3.63, 3.8) is 0 Å². The third kappa shape index (κ3) is 6.01. The predicted molar refractivity (Wildman–Crippen MR) is 123 cm³/mol. The van der Waals surface area contributed by atoms with Crippen molar-refractivity contribution in [3.8, 4) is 11.5 Å². The quantitative estimate of drug-likeness (QED) is 0.491. The molecule has 0 aliphatic heterocycles. The molecule has 1 heterocycles. The van der Waals surface area contributed by atoms with Gasteiger partial charge < -0.3 is 19.4 Å². The van der Waals surface area contributed by atoms with Crippen molar-refractivity contribution < 1.29 is 14.3 Å². The molecule has 1 N–H and O–H groups in total. The van der Waals surface area contributed by atoms with Crippen molar-refractivity contribution in [1.82, 2.24) is 14.8 Å².